The zero-order valence-electron chi connectivity index (χ0n) is 9.43. The molecule has 0 aliphatic rings. The molecule has 2 nitrogen and oxygen atoms in total. The van der Waals surface area contributed by atoms with Gasteiger partial charge >= 0.3 is 0 Å². The Labute approximate surface area is 131 Å². The van der Waals surface area contributed by atoms with Crippen molar-refractivity contribution in [2.75, 3.05) is 11.5 Å². The van der Waals surface area contributed by atoms with Gasteiger partial charge < -0.3 is 11.5 Å². The largest absolute Gasteiger partial charge is 0.396 e. The van der Waals surface area contributed by atoms with E-state index >= 15 is 0 Å². The van der Waals surface area contributed by atoms with E-state index in [1.54, 1.807) is 6.07 Å². The summed E-state index contributed by atoms with van der Waals surface area (Å²) in [6, 6.07) is 7.21. The fourth-order valence-electron chi connectivity index (χ4n) is 1.06. The lowest BCUT2D eigenvalue weighted by molar-refractivity contribution is 0.632. The molecule has 2 rings (SSSR count). The number of halogens is 5. The van der Waals surface area contributed by atoms with E-state index in [1.165, 1.54) is 24.3 Å². The van der Waals surface area contributed by atoms with Gasteiger partial charge in [0.2, 0.25) is 0 Å². The van der Waals surface area contributed by atoms with Gasteiger partial charge in [0.25, 0.3) is 0 Å². The number of benzene rings is 2. The second-order valence-electron chi connectivity index (χ2n) is 3.42. The molecule has 0 unspecified atom stereocenters. The summed E-state index contributed by atoms with van der Waals surface area (Å²) in [5.41, 5.74) is 10.6. The molecule has 7 heteroatoms. The van der Waals surface area contributed by atoms with Crippen LogP contribution in [0.2, 0.25) is 5.02 Å². The SMILES string of the molecule is Nc1c(F)ccc(Br)c1Cl.Nc1cc(Br)ccc1F. The third-order valence-electron chi connectivity index (χ3n) is 2.04. The van der Waals surface area contributed by atoms with Crippen molar-refractivity contribution in [2.45, 2.75) is 0 Å². The van der Waals surface area contributed by atoms with Gasteiger partial charge in [-0.3, -0.25) is 0 Å². The fourth-order valence-corrected chi connectivity index (χ4v) is 1.94. The molecule has 4 N–H and O–H groups in total. The number of rotatable bonds is 0. The van der Waals surface area contributed by atoms with E-state index in [9.17, 15) is 8.78 Å². The van der Waals surface area contributed by atoms with Gasteiger partial charge in [0.15, 0.2) is 0 Å². The first-order valence-electron chi connectivity index (χ1n) is 4.92. The Bertz CT molecular complexity index is 567. The van der Waals surface area contributed by atoms with Crippen LogP contribution in [0, 0.1) is 11.6 Å². The van der Waals surface area contributed by atoms with Gasteiger partial charge in [0.05, 0.1) is 16.4 Å². The summed E-state index contributed by atoms with van der Waals surface area (Å²) < 4.78 is 26.3. The van der Waals surface area contributed by atoms with Crippen LogP contribution in [-0.4, -0.2) is 0 Å². The standard InChI is InChI=1S/C6H4BrClFN.C6H5BrFN/c7-3-1-2-4(9)6(10)5(3)8;7-4-1-2-5(8)6(9)3-4/h1-2H,10H2;1-3H,9H2. The summed E-state index contributed by atoms with van der Waals surface area (Å²) in [5, 5.41) is 0.222. The minimum Gasteiger partial charge on any atom is -0.396 e. The van der Waals surface area contributed by atoms with E-state index < -0.39 is 5.82 Å². The third kappa shape index (κ3) is 4.63. The Hall–Kier alpha value is -0.850. The van der Waals surface area contributed by atoms with Crippen LogP contribution in [0.3, 0.4) is 0 Å². The van der Waals surface area contributed by atoms with Crippen LogP contribution in [0.15, 0.2) is 39.3 Å². The molecule has 0 amide bonds. The highest BCUT2D eigenvalue weighted by atomic mass is 79.9. The van der Waals surface area contributed by atoms with Gasteiger partial charge in [-0.05, 0) is 46.3 Å². The fraction of sp³-hybridized carbons (Fsp3) is 0. The molecule has 0 saturated heterocycles. The van der Waals surface area contributed by atoms with Crippen molar-refractivity contribution in [3.63, 3.8) is 0 Å². The second kappa shape index (κ2) is 7.07. The first-order chi connectivity index (χ1) is 8.82. The Morgan fingerprint density at radius 2 is 1.53 bits per heavy atom. The average Bonchev–Trinajstić information content (AvgIpc) is 2.37. The summed E-state index contributed by atoms with van der Waals surface area (Å²) in [6.07, 6.45) is 0. The van der Waals surface area contributed by atoms with Crippen molar-refractivity contribution < 1.29 is 8.78 Å². The summed E-state index contributed by atoms with van der Waals surface area (Å²) in [7, 11) is 0. The molecule has 0 radical (unpaired) electrons. The summed E-state index contributed by atoms with van der Waals surface area (Å²) >= 11 is 11.8. The Kier molecular flexibility index (Phi) is 6.03. The van der Waals surface area contributed by atoms with Crippen molar-refractivity contribution in [3.8, 4) is 0 Å². The first kappa shape index (κ1) is 16.2. The lowest BCUT2D eigenvalue weighted by atomic mass is 10.3. The molecule has 2 aromatic carbocycles. The number of nitrogens with two attached hydrogens (primary N) is 2. The lowest BCUT2D eigenvalue weighted by Crippen LogP contribution is -1.91. The van der Waals surface area contributed by atoms with E-state index in [0.29, 0.717) is 4.47 Å². The van der Waals surface area contributed by atoms with E-state index in [2.05, 4.69) is 31.9 Å². The van der Waals surface area contributed by atoms with Crippen molar-refractivity contribution in [2.24, 2.45) is 0 Å². The molecule has 0 spiro atoms. The first-order valence-corrected chi connectivity index (χ1v) is 6.88. The lowest BCUT2D eigenvalue weighted by Gasteiger charge is -1.99. The highest BCUT2D eigenvalue weighted by Crippen LogP contribution is 2.29. The summed E-state index contributed by atoms with van der Waals surface area (Å²) in [5.74, 6) is -0.869. The smallest absolute Gasteiger partial charge is 0.147 e. The van der Waals surface area contributed by atoms with E-state index in [0.717, 1.165) is 4.47 Å². The van der Waals surface area contributed by atoms with Crippen LogP contribution in [0.4, 0.5) is 20.2 Å². The van der Waals surface area contributed by atoms with Crippen LogP contribution < -0.4 is 11.5 Å². The van der Waals surface area contributed by atoms with Crippen molar-refractivity contribution in [1.82, 2.24) is 0 Å². The predicted molar refractivity (Wildman–Crippen MR) is 82.0 cm³/mol. The Balaban J connectivity index is 0.000000191. The molecule has 0 bridgehead atoms. The Morgan fingerprint density at radius 3 is 2.00 bits per heavy atom. The quantitative estimate of drug-likeness (QED) is 0.471. The molecule has 0 aliphatic carbocycles. The van der Waals surface area contributed by atoms with Gasteiger partial charge in [0, 0.05) is 8.95 Å². The number of anilines is 2. The van der Waals surface area contributed by atoms with Gasteiger partial charge in [-0.2, -0.15) is 0 Å². The molecular weight excluding hydrogens is 405 g/mol. The minimum absolute atomic E-state index is 0.0176. The van der Waals surface area contributed by atoms with Crippen LogP contribution >= 0.6 is 43.5 Å². The van der Waals surface area contributed by atoms with E-state index in [-0.39, 0.29) is 22.2 Å². The molecule has 0 heterocycles. The van der Waals surface area contributed by atoms with Crippen LogP contribution in [0.1, 0.15) is 0 Å². The highest BCUT2D eigenvalue weighted by Gasteiger charge is 2.05. The van der Waals surface area contributed by atoms with Crippen LogP contribution in [0.25, 0.3) is 0 Å². The average molecular weight is 414 g/mol. The van der Waals surface area contributed by atoms with Gasteiger partial charge in [-0.1, -0.05) is 27.5 Å². The van der Waals surface area contributed by atoms with Gasteiger partial charge in [0.1, 0.15) is 11.6 Å². The molecule has 0 aliphatic heterocycles. The van der Waals surface area contributed by atoms with Crippen molar-refractivity contribution in [3.05, 3.63) is 55.9 Å². The molecule has 102 valence electrons. The topological polar surface area (TPSA) is 52.0 Å². The minimum atomic E-state index is -0.492. The van der Waals surface area contributed by atoms with Crippen molar-refractivity contribution in [1.29, 1.82) is 0 Å². The second-order valence-corrected chi connectivity index (χ2v) is 5.57. The van der Waals surface area contributed by atoms with E-state index in [4.69, 9.17) is 23.1 Å². The number of hydrogen-bond donors (Lipinski definition) is 2. The normalized spacial score (nSPS) is 9.74. The van der Waals surface area contributed by atoms with Crippen LogP contribution in [0.5, 0.6) is 0 Å². The van der Waals surface area contributed by atoms with Gasteiger partial charge in [-0.15, -0.1) is 0 Å². The van der Waals surface area contributed by atoms with Crippen LogP contribution in [-0.2, 0) is 0 Å². The highest BCUT2D eigenvalue weighted by molar-refractivity contribution is 9.10. The molecule has 2 aromatic rings. The number of hydrogen-bond acceptors (Lipinski definition) is 2. The maximum absolute atomic E-state index is 12.5. The molecule has 19 heavy (non-hydrogen) atoms. The number of nitrogen functional groups attached to an aromatic ring is 2. The van der Waals surface area contributed by atoms with E-state index in [1.807, 2.05) is 0 Å². The Morgan fingerprint density at radius 1 is 0.947 bits per heavy atom. The summed E-state index contributed by atoms with van der Waals surface area (Å²) in [6.45, 7) is 0. The zero-order valence-corrected chi connectivity index (χ0v) is 13.4. The molecule has 0 fully saturated rings. The molecule has 0 saturated carbocycles. The molecule has 0 aromatic heterocycles. The predicted octanol–water partition coefficient (Wildman–Crippen LogP) is 4.99. The molecule has 0 atom stereocenters. The maximum atomic E-state index is 12.5. The van der Waals surface area contributed by atoms with Gasteiger partial charge in [-0.25, -0.2) is 8.78 Å². The molecular formula is C12H9Br2ClF2N2. The van der Waals surface area contributed by atoms with Crippen molar-refractivity contribution >= 4 is 54.8 Å². The summed E-state index contributed by atoms with van der Waals surface area (Å²) in [4.78, 5) is 0. The third-order valence-corrected chi connectivity index (χ3v) is 3.83. The zero-order chi connectivity index (χ0) is 14.6. The monoisotopic (exact) mass is 412 g/mol. The maximum Gasteiger partial charge on any atom is 0.147 e.